The zero-order valence-corrected chi connectivity index (χ0v) is 12.3. The molecule has 1 saturated heterocycles. The predicted molar refractivity (Wildman–Crippen MR) is 76.2 cm³/mol. The third-order valence-corrected chi connectivity index (χ3v) is 4.06. The summed E-state index contributed by atoms with van der Waals surface area (Å²) in [5.74, 6) is -0.923. The summed E-state index contributed by atoms with van der Waals surface area (Å²) >= 11 is 0. The lowest BCUT2D eigenvalue weighted by Gasteiger charge is -2.18. The van der Waals surface area contributed by atoms with Crippen molar-refractivity contribution in [1.82, 2.24) is 5.06 Å². The number of ketones is 1. The molecule has 0 spiro atoms. The number of hydrogen-bond acceptors (Lipinski definition) is 4. The number of nitrogens with zero attached hydrogens (tertiary/aromatic N) is 1. The van der Waals surface area contributed by atoms with Gasteiger partial charge in [0.15, 0.2) is 11.2 Å². The molecule has 21 heavy (non-hydrogen) atoms. The van der Waals surface area contributed by atoms with Crippen molar-refractivity contribution in [2.75, 3.05) is 6.54 Å². The van der Waals surface area contributed by atoms with Gasteiger partial charge in [-0.3, -0.25) is 9.59 Å². The second-order valence-electron chi connectivity index (χ2n) is 5.11. The van der Waals surface area contributed by atoms with E-state index < -0.39 is 11.4 Å². The zero-order valence-electron chi connectivity index (χ0n) is 12.3. The van der Waals surface area contributed by atoms with Crippen LogP contribution in [0.5, 0.6) is 0 Å². The number of hydroxylamine groups is 2. The van der Waals surface area contributed by atoms with Gasteiger partial charge in [-0.2, -0.15) is 5.06 Å². The normalized spacial score (nSPS) is 17.0. The highest BCUT2D eigenvalue weighted by Crippen LogP contribution is 2.36. The van der Waals surface area contributed by atoms with Gasteiger partial charge < -0.3 is 4.84 Å². The van der Waals surface area contributed by atoms with E-state index in [1.54, 1.807) is 38.1 Å². The minimum absolute atomic E-state index is 0.0788. The molecule has 0 N–H and O–H groups in total. The van der Waals surface area contributed by atoms with E-state index in [0.717, 1.165) is 5.06 Å². The highest BCUT2D eigenvalue weighted by Gasteiger charge is 2.54. The summed E-state index contributed by atoms with van der Waals surface area (Å²) < 4.78 is 0. The Balaban J connectivity index is 2.01. The maximum atomic E-state index is 12.3. The standard InChI is InChI=1S/C16H19NO4/c1-3-16(4-2)14(19)17(21-15(16)20)11-10-13(18)12-8-6-5-7-9-12/h5-9H,3-4,10-11H2,1-2H3. The molecule has 1 heterocycles. The topological polar surface area (TPSA) is 63.7 Å². The lowest BCUT2D eigenvalue weighted by atomic mass is 9.82. The molecule has 0 aliphatic carbocycles. The molecule has 5 heteroatoms. The van der Waals surface area contributed by atoms with Crippen LogP contribution in [-0.4, -0.2) is 29.3 Å². The fourth-order valence-electron chi connectivity index (χ4n) is 2.51. The zero-order chi connectivity index (χ0) is 15.5. The minimum Gasteiger partial charge on any atom is -0.337 e. The van der Waals surface area contributed by atoms with Crippen LogP contribution < -0.4 is 0 Å². The first-order chi connectivity index (χ1) is 10.0. The van der Waals surface area contributed by atoms with Gasteiger partial charge in [-0.25, -0.2) is 4.79 Å². The van der Waals surface area contributed by atoms with Gasteiger partial charge in [0.05, 0.1) is 6.54 Å². The third-order valence-electron chi connectivity index (χ3n) is 4.06. The average Bonchev–Trinajstić information content (AvgIpc) is 2.76. The summed E-state index contributed by atoms with van der Waals surface area (Å²) in [6, 6.07) is 8.85. The second-order valence-corrected chi connectivity index (χ2v) is 5.11. The molecule has 0 aromatic heterocycles. The first kappa shape index (κ1) is 15.2. The van der Waals surface area contributed by atoms with Crippen LogP contribution >= 0.6 is 0 Å². The number of hydrogen-bond donors (Lipinski definition) is 0. The quantitative estimate of drug-likeness (QED) is 0.596. The number of benzene rings is 1. The largest absolute Gasteiger partial charge is 0.348 e. The lowest BCUT2D eigenvalue weighted by Crippen LogP contribution is -2.36. The molecule has 1 amide bonds. The van der Waals surface area contributed by atoms with Crippen LogP contribution in [0, 0.1) is 5.41 Å². The Morgan fingerprint density at radius 1 is 1.14 bits per heavy atom. The van der Waals surface area contributed by atoms with Gasteiger partial charge in [0.2, 0.25) is 0 Å². The summed E-state index contributed by atoms with van der Waals surface area (Å²) in [6.45, 7) is 3.68. The predicted octanol–water partition coefficient (Wildman–Crippen LogP) is 2.37. The molecule has 0 saturated carbocycles. The average molecular weight is 289 g/mol. The van der Waals surface area contributed by atoms with Crippen LogP contribution in [0.2, 0.25) is 0 Å². The molecule has 5 nitrogen and oxygen atoms in total. The van der Waals surface area contributed by atoms with Crippen LogP contribution in [0.15, 0.2) is 30.3 Å². The summed E-state index contributed by atoms with van der Waals surface area (Å²) in [7, 11) is 0. The smallest absolute Gasteiger partial charge is 0.337 e. The van der Waals surface area contributed by atoms with Crippen molar-refractivity contribution >= 4 is 17.7 Å². The monoisotopic (exact) mass is 289 g/mol. The van der Waals surface area contributed by atoms with Crippen molar-refractivity contribution in [3.8, 4) is 0 Å². The number of Topliss-reactive ketones (excluding diaryl/α,β-unsaturated/α-hetero) is 1. The summed E-state index contributed by atoms with van der Waals surface area (Å²) in [6.07, 6.45) is 0.946. The van der Waals surface area contributed by atoms with Crippen LogP contribution in [0.4, 0.5) is 0 Å². The second kappa shape index (κ2) is 6.08. The van der Waals surface area contributed by atoms with E-state index in [1.807, 2.05) is 6.07 Å². The Labute approximate surface area is 123 Å². The summed E-state index contributed by atoms with van der Waals surface area (Å²) in [5.41, 5.74) is -0.483. The van der Waals surface area contributed by atoms with E-state index in [0.29, 0.717) is 18.4 Å². The third kappa shape index (κ3) is 2.68. The van der Waals surface area contributed by atoms with Gasteiger partial charge in [-0.15, -0.1) is 0 Å². The molecule has 1 fully saturated rings. The van der Waals surface area contributed by atoms with Crippen LogP contribution in [0.25, 0.3) is 0 Å². The van der Waals surface area contributed by atoms with Gasteiger partial charge in [-0.1, -0.05) is 44.2 Å². The van der Waals surface area contributed by atoms with E-state index in [4.69, 9.17) is 4.84 Å². The molecular weight excluding hydrogens is 270 g/mol. The van der Waals surface area contributed by atoms with E-state index in [-0.39, 0.29) is 24.7 Å². The Kier molecular flexibility index (Phi) is 4.40. The first-order valence-electron chi connectivity index (χ1n) is 7.17. The molecule has 0 bridgehead atoms. The fraction of sp³-hybridized carbons (Fsp3) is 0.438. The molecule has 1 aromatic carbocycles. The SMILES string of the molecule is CCC1(CC)C(=O)ON(CCC(=O)c2ccccc2)C1=O. The number of amides is 1. The van der Waals surface area contributed by atoms with Crippen molar-refractivity contribution < 1.29 is 19.2 Å². The van der Waals surface area contributed by atoms with Crippen molar-refractivity contribution in [2.24, 2.45) is 5.41 Å². The summed E-state index contributed by atoms with van der Waals surface area (Å²) in [5, 5.41) is 1.04. The van der Waals surface area contributed by atoms with Gasteiger partial charge >= 0.3 is 5.97 Å². The molecule has 1 aliphatic heterocycles. The molecule has 112 valence electrons. The van der Waals surface area contributed by atoms with Crippen molar-refractivity contribution in [3.63, 3.8) is 0 Å². The molecule has 0 radical (unpaired) electrons. The number of carbonyl (C=O) groups excluding carboxylic acids is 3. The Morgan fingerprint density at radius 2 is 1.76 bits per heavy atom. The lowest BCUT2D eigenvalue weighted by molar-refractivity contribution is -0.178. The number of carbonyl (C=O) groups is 3. The molecular formula is C16H19NO4. The minimum atomic E-state index is -1.07. The Hall–Kier alpha value is -2.17. The first-order valence-corrected chi connectivity index (χ1v) is 7.17. The highest BCUT2D eigenvalue weighted by molar-refractivity contribution is 6.06. The van der Waals surface area contributed by atoms with E-state index in [1.165, 1.54) is 0 Å². The van der Waals surface area contributed by atoms with Crippen LogP contribution in [-0.2, 0) is 14.4 Å². The van der Waals surface area contributed by atoms with Crippen molar-refractivity contribution in [3.05, 3.63) is 35.9 Å². The van der Waals surface area contributed by atoms with Gasteiger partial charge in [0.25, 0.3) is 5.91 Å². The molecule has 2 rings (SSSR count). The van der Waals surface area contributed by atoms with Crippen molar-refractivity contribution in [1.29, 1.82) is 0 Å². The Bertz CT molecular complexity index is 549. The molecule has 0 unspecified atom stereocenters. The van der Waals surface area contributed by atoms with E-state index in [2.05, 4.69) is 0 Å². The molecule has 0 atom stereocenters. The van der Waals surface area contributed by atoms with Crippen LogP contribution in [0.3, 0.4) is 0 Å². The van der Waals surface area contributed by atoms with Gasteiger partial charge in [0, 0.05) is 12.0 Å². The van der Waals surface area contributed by atoms with E-state index >= 15 is 0 Å². The summed E-state index contributed by atoms with van der Waals surface area (Å²) in [4.78, 5) is 41.3. The highest BCUT2D eigenvalue weighted by atomic mass is 16.7. The van der Waals surface area contributed by atoms with Crippen molar-refractivity contribution in [2.45, 2.75) is 33.1 Å². The Morgan fingerprint density at radius 3 is 2.29 bits per heavy atom. The van der Waals surface area contributed by atoms with Crippen LogP contribution in [0.1, 0.15) is 43.5 Å². The van der Waals surface area contributed by atoms with Gasteiger partial charge in [0.1, 0.15) is 0 Å². The number of rotatable bonds is 6. The maximum absolute atomic E-state index is 12.3. The molecule has 1 aliphatic rings. The van der Waals surface area contributed by atoms with E-state index in [9.17, 15) is 14.4 Å². The maximum Gasteiger partial charge on any atom is 0.348 e. The molecule has 1 aromatic rings. The van der Waals surface area contributed by atoms with Gasteiger partial charge in [-0.05, 0) is 12.8 Å². The fourth-order valence-corrected chi connectivity index (χ4v) is 2.51.